The van der Waals surface area contributed by atoms with Crippen LogP contribution in [0.1, 0.15) is 50.3 Å². The van der Waals surface area contributed by atoms with Gasteiger partial charge < -0.3 is 28.4 Å². The maximum atomic E-state index is 12.0. The van der Waals surface area contributed by atoms with E-state index in [2.05, 4.69) is 0 Å². The van der Waals surface area contributed by atoms with Crippen molar-refractivity contribution in [2.45, 2.75) is 40.0 Å². The molecule has 0 amide bonds. The third kappa shape index (κ3) is 9.27. The molecule has 0 heterocycles. The first-order chi connectivity index (χ1) is 18.0. The number of benzene rings is 2. The van der Waals surface area contributed by atoms with E-state index in [-0.39, 0.29) is 24.7 Å². The second-order valence-electron chi connectivity index (χ2n) is 8.22. The highest BCUT2D eigenvalue weighted by atomic mass is 16.6. The van der Waals surface area contributed by atoms with Crippen LogP contribution in [-0.4, -0.2) is 51.3 Å². The minimum absolute atomic E-state index is 0.0264. The Morgan fingerprint density at radius 1 is 0.763 bits per heavy atom. The van der Waals surface area contributed by atoms with Crippen LogP contribution in [0.3, 0.4) is 0 Å². The third-order valence-corrected chi connectivity index (χ3v) is 5.16. The molecule has 0 fully saturated rings. The van der Waals surface area contributed by atoms with E-state index in [1.54, 1.807) is 42.5 Å². The van der Waals surface area contributed by atoms with Crippen molar-refractivity contribution in [1.29, 1.82) is 0 Å². The topological polar surface area (TPSA) is 124 Å². The Morgan fingerprint density at radius 2 is 1.42 bits per heavy atom. The molecule has 0 aromatic heterocycles. The monoisotopic (exact) mass is 528 g/mol. The van der Waals surface area contributed by atoms with Gasteiger partial charge in [0.05, 0.1) is 20.8 Å². The first-order valence-corrected chi connectivity index (χ1v) is 11.7. The highest BCUT2D eigenvalue weighted by Crippen LogP contribution is 2.40. The minimum Gasteiger partial charge on any atom is -0.493 e. The molecule has 0 aliphatic heterocycles. The van der Waals surface area contributed by atoms with Gasteiger partial charge in [0.1, 0.15) is 6.61 Å². The summed E-state index contributed by atoms with van der Waals surface area (Å²) in [6.45, 7) is 5.23. The van der Waals surface area contributed by atoms with Crippen LogP contribution in [0.25, 0.3) is 6.08 Å². The molecule has 0 bridgehead atoms. The minimum atomic E-state index is -0.554. The summed E-state index contributed by atoms with van der Waals surface area (Å²) in [7, 11) is 2.90. The molecule has 0 unspecified atom stereocenters. The van der Waals surface area contributed by atoms with Crippen molar-refractivity contribution >= 4 is 30.0 Å². The van der Waals surface area contributed by atoms with Crippen molar-refractivity contribution in [2.24, 2.45) is 0 Å². The Hall–Kier alpha value is -4.34. The Labute approximate surface area is 221 Å². The van der Waals surface area contributed by atoms with Crippen molar-refractivity contribution in [1.82, 2.24) is 0 Å². The molecule has 0 aliphatic rings. The van der Waals surface area contributed by atoms with Gasteiger partial charge in [-0.15, -0.1) is 0 Å². The van der Waals surface area contributed by atoms with Crippen molar-refractivity contribution in [3.8, 4) is 23.0 Å². The van der Waals surface area contributed by atoms with Gasteiger partial charge in [0, 0.05) is 39.2 Å². The number of methoxy groups -OCH3 is 2. The molecule has 0 saturated carbocycles. The van der Waals surface area contributed by atoms with Crippen LogP contribution < -0.4 is 18.9 Å². The first-order valence-electron chi connectivity index (χ1n) is 11.7. The molecule has 1 atom stereocenters. The molecule has 10 nitrogen and oxygen atoms in total. The Kier molecular flexibility index (Phi) is 11.3. The lowest BCUT2D eigenvalue weighted by Gasteiger charge is -2.22. The number of carbonyl (C=O) groups is 4. The molecule has 0 saturated heterocycles. The molecule has 2 aromatic rings. The van der Waals surface area contributed by atoms with Gasteiger partial charge in [0.25, 0.3) is 0 Å². The number of hydrogen-bond acceptors (Lipinski definition) is 10. The molecular formula is C28H32O10. The van der Waals surface area contributed by atoms with Gasteiger partial charge in [-0.3, -0.25) is 19.2 Å². The van der Waals surface area contributed by atoms with E-state index < -0.39 is 29.8 Å². The Morgan fingerprint density at radius 3 is 2.00 bits per heavy atom. The number of esters is 4. The van der Waals surface area contributed by atoms with Crippen molar-refractivity contribution < 1.29 is 47.6 Å². The normalized spacial score (nSPS) is 11.4. The second kappa shape index (κ2) is 14.4. The van der Waals surface area contributed by atoms with Crippen LogP contribution in [0, 0.1) is 0 Å². The van der Waals surface area contributed by atoms with Gasteiger partial charge >= 0.3 is 23.9 Å². The van der Waals surface area contributed by atoms with E-state index in [0.29, 0.717) is 29.0 Å². The average Bonchev–Trinajstić information content (AvgIpc) is 2.84. The molecule has 2 rings (SSSR count). The summed E-state index contributed by atoms with van der Waals surface area (Å²) in [5.74, 6) is -1.30. The summed E-state index contributed by atoms with van der Waals surface area (Å²) in [5.41, 5.74) is 2.00. The van der Waals surface area contributed by atoms with Crippen LogP contribution >= 0.6 is 0 Å². The first kappa shape index (κ1) is 29.9. The zero-order valence-corrected chi connectivity index (χ0v) is 22.3. The van der Waals surface area contributed by atoms with Gasteiger partial charge in [0.2, 0.25) is 0 Å². The van der Waals surface area contributed by atoms with Crippen molar-refractivity contribution in [2.75, 3.05) is 27.4 Å². The van der Waals surface area contributed by atoms with Gasteiger partial charge in [-0.1, -0.05) is 12.1 Å². The molecule has 38 heavy (non-hydrogen) atoms. The molecule has 0 aliphatic carbocycles. The van der Waals surface area contributed by atoms with Gasteiger partial charge in [-0.25, -0.2) is 0 Å². The van der Waals surface area contributed by atoms with Crippen LogP contribution in [0.4, 0.5) is 0 Å². The maximum Gasteiger partial charge on any atom is 0.308 e. The van der Waals surface area contributed by atoms with Gasteiger partial charge in [0.15, 0.2) is 23.0 Å². The average molecular weight is 529 g/mol. The summed E-state index contributed by atoms with van der Waals surface area (Å²) in [6, 6.07) is 8.54. The number of rotatable bonds is 12. The molecule has 2 aromatic carbocycles. The smallest absolute Gasteiger partial charge is 0.308 e. The van der Waals surface area contributed by atoms with Crippen LogP contribution in [0.15, 0.2) is 36.4 Å². The van der Waals surface area contributed by atoms with Crippen LogP contribution in [0.2, 0.25) is 0 Å². The molecule has 10 heteroatoms. The highest BCUT2D eigenvalue weighted by molar-refractivity contribution is 5.73. The predicted molar refractivity (Wildman–Crippen MR) is 137 cm³/mol. The quantitative estimate of drug-likeness (QED) is 0.295. The highest BCUT2D eigenvalue weighted by Gasteiger charge is 2.24. The summed E-state index contributed by atoms with van der Waals surface area (Å²) in [4.78, 5) is 46.2. The largest absolute Gasteiger partial charge is 0.493 e. The van der Waals surface area contributed by atoms with E-state index in [9.17, 15) is 19.2 Å². The molecule has 204 valence electrons. The second-order valence-corrected chi connectivity index (χ2v) is 8.22. The zero-order valence-electron chi connectivity index (χ0n) is 22.3. The van der Waals surface area contributed by atoms with E-state index in [1.807, 2.05) is 0 Å². The Bertz CT molecular complexity index is 1200. The van der Waals surface area contributed by atoms with E-state index in [0.717, 1.165) is 5.56 Å². The summed E-state index contributed by atoms with van der Waals surface area (Å²) < 4.78 is 31.9. The molecule has 0 radical (unpaired) electrons. The van der Waals surface area contributed by atoms with Crippen molar-refractivity contribution in [3.05, 3.63) is 53.1 Å². The van der Waals surface area contributed by atoms with Gasteiger partial charge in [-0.2, -0.15) is 0 Å². The molecule has 0 N–H and O–H groups in total. The summed E-state index contributed by atoms with van der Waals surface area (Å²) in [6.07, 6.45) is 3.72. The van der Waals surface area contributed by atoms with E-state index in [4.69, 9.17) is 28.4 Å². The maximum absolute atomic E-state index is 12.0. The van der Waals surface area contributed by atoms with E-state index in [1.165, 1.54) is 41.9 Å². The molecule has 0 spiro atoms. The lowest BCUT2D eigenvalue weighted by atomic mass is 9.90. The summed E-state index contributed by atoms with van der Waals surface area (Å²) in [5, 5.41) is 0. The third-order valence-electron chi connectivity index (χ3n) is 5.16. The SMILES string of the molecule is COc1cc(C[C@H](COC(C)=O)c2cc(C=CCOC(C)=O)cc(OC)c2OC(C)=O)ccc1OC(C)=O. The Balaban J connectivity index is 2.58. The van der Waals surface area contributed by atoms with Crippen LogP contribution in [0.5, 0.6) is 23.0 Å². The standard InChI is InChI=1S/C28H32O10/c1-17(29)35-11-7-8-21-13-24(28(38-20(4)32)27(15-21)34-6)23(16-36-18(2)30)12-22-9-10-25(37-19(3)31)26(14-22)33-5/h7-10,13-15,23H,11-12,16H2,1-6H3/t23-/m1/s1. The van der Waals surface area contributed by atoms with Crippen molar-refractivity contribution in [3.63, 3.8) is 0 Å². The fourth-order valence-corrected chi connectivity index (χ4v) is 3.64. The zero-order chi connectivity index (χ0) is 28.2. The van der Waals surface area contributed by atoms with E-state index >= 15 is 0 Å². The number of carbonyl (C=O) groups excluding carboxylic acids is 4. The molecular weight excluding hydrogens is 496 g/mol. The summed E-state index contributed by atoms with van der Waals surface area (Å²) >= 11 is 0. The fraction of sp³-hybridized carbons (Fsp3) is 0.357. The predicted octanol–water partition coefficient (Wildman–Crippen LogP) is 4.02. The van der Waals surface area contributed by atoms with Gasteiger partial charge in [-0.05, 0) is 47.9 Å². The lowest BCUT2D eigenvalue weighted by Crippen LogP contribution is -2.16. The lowest BCUT2D eigenvalue weighted by molar-refractivity contribution is -0.142. The number of ether oxygens (including phenoxy) is 6. The number of hydrogen-bond donors (Lipinski definition) is 0. The fourth-order valence-electron chi connectivity index (χ4n) is 3.64. The van der Waals surface area contributed by atoms with Crippen LogP contribution in [-0.2, 0) is 35.1 Å².